The van der Waals surface area contributed by atoms with E-state index in [9.17, 15) is 9.90 Å². The molecule has 39 heavy (non-hydrogen) atoms. The zero-order valence-corrected chi connectivity index (χ0v) is 24.1. The number of rotatable bonds is 23. The molecule has 0 saturated carbocycles. The molecule has 0 spiro atoms. The van der Waals surface area contributed by atoms with Crippen molar-refractivity contribution >= 4 is 6.09 Å². The van der Waals surface area contributed by atoms with Gasteiger partial charge in [-0.1, -0.05) is 90.4 Å². The first-order valence-electron chi connectivity index (χ1n) is 15.3. The molecule has 218 valence electrons. The van der Waals surface area contributed by atoms with E-state index in [-0.39, 0.29) is 11.8 Å². The molecule has 0 radical (unpaired) electrons. The summed E-state index contributed by atoms with van der Waals surface area (Å²) in [7, 11) is 0. The Morgan fingerprint density at radius 3 is 1.67 bits per heavy atom. The van der Waals surface area contributed by atoms with Crippen molar-refractivity contribution in [3.8, 4) is 23.0 Å². The van der Waals surface area contributed by atoms with Crippen LogP contribution in [-0.2, 0) is 4.74 Å². The Morgan fingerprint density at radius 1 is 0.615 bits per heavy atom. The highest BCUT2D eigenvalue weighted by Gasteiger charge is 2.02. The van der Waals surface area contributed by atoms with Crippen LogP contribution < -0.4 is 14.8 Å². The average Bonchev–Trinajstić information content (AvgIpc) is 2.95. The second kappa shape index (κ2) is 22.0. The molecule has 0 aromatic heterocycles. The number of phenolic OH excluding ortho intramolecular Hbond substituents is 1. The Bertz CT molecular complexity index is 853. The normalized spacial score (nSPS) is 10.8. The Balaban J connectivity index is 1.33. The molecule has 1 amide bonds. The lowest BCUT2D eigenvalue weighted by Gasteiger charge is -2.09. The Hall–Kier alpha value is -2.89. The molecule has 2 aromatic carbocycles. The quantitative estimate of drug-likeness (QED) is 0.137. The number of alkyl carbamates (subject to hydrolysis) is 1. The average molecular weight is 542 g/mol. The van der Waals surface area contributed by atoms with Crippen molar-refractivity contribution in [1.82, 2.24) is 5.32 Å². The van der Waals surface area contributed by atoms with Crippen molar-refractivity contribution in [2.45, 2.75) is 110 Å². The fraction of sp³-hybridized carbons (Fsp3) is 0.606. The van der Waals surface area contributed by atoms with Crippen LogP contribution >= 0.6 is 0 Å². The maximum atomic E-state index is 11.8. The number of ether oxygens (including phenoxy) is 3. The van der Waals surface area contributed by atoms with Gasteiger partial charge in [0.15, 0.2) is 0 Å². The van der Waals surface area contributed by atoms with Gasteiger partial charge in [0.25, 0.3) is 0 Å². The number of benzene rings is 2. The zero-order valence-electron chi connectivity index (χ0n) is 24.1. The number of carbonyl (C=O) groups is 1. The van der Waals surface area contributed by atoms with Gasteiger partial charge in [0.2, 0.25) is 0 Å². The lowest BCUT2D eigenvalue weighted by molar-refractivity contribution is 0.143. The molecule has 6 nitrogen and oxygen atoms in total. The lowest BCUT2D eigenvalue weighted by Crippen LogP contribution is -2.25. The summed E-state index contributed by atoms with van der Waals surface area (Å²) in [6.07, 6.45) is 19.4. The Kier molecular flexibility index (Phi) is 18.2. The highest BCUT2D eigenvalue weighted by atomic mass is 16.5. The number of phenols is 1. The van der Waals surface area contributed by atoms with E-state index < -0.39 is 0 Å². The molecule has 0 saturated heterocycles. The molecule has 0 unspecified atom stereocenters. The number of carbonyl (C=O) groups excluding carboxylic acids is 1. The molecule has 2 aromatic rings. The summed E-state index contributed by atoms with van der Waals surface area (Å²) in [6.45, 7) is 4.10. The highest BCUT2D eigenvalue weighted by Crippen LogP contribution is 2.25. The highest BCUT2D eigenvalue weighted by molar-refractivity contribution is 5.66. The van der Waals surface area contributed by atoms with Gasteiger partial charge in [0.05, 0.1) is 13.2 Å². The minimum Gasteiger partial charge on any atom is -0.508 e. The van der Waals surface area contributed by atoms with E-state index in [0.29, 0.717) is 31.3 Å². The van der Waals surface area contributed by atoms with E-state index >= 15 is 0 Å². The molecule has 2 rings (SSSR count). The first kappa shape index (κ1) is 32.3. The van der Waals surface area contributed by atoms with Crippen LogP contribution in [0.5, 0.6) is 23.0 Å². The molecule has 0 aliphatic heterocycles. The van der Waals surface area contributed by atoms with Gasteiger partial charge in [0.1, 0.15) is 23.0 Å². The standard InChI is InChI=1S/C33H51NO5/c1-2-3-4-5-6-7-8-9-10-11-13-17-28-38-33(36)34-26-15-12-14-16-27-37-30-22-24-32(25-23-30)39-31-20-18-29(35)19-21-31/h18-25,35H,2-17,26-28H2,1H3,(H,34,36). The predicted octanol–water partition coefficient (Wildman–Crippen LogP) is 9.55. The second-order valence-electron chi connectivity index (χ2n) is 10.3. The van der Waals surface area contributed by atoms with Crippen molar-refractivity contribution in [3.05, 3.63) is 48.5 Å². The first-order valence-corrected chi connectivity index (χ1v) is 15.3. The summed E-state index contributed by atoms with van der Waals surface area (Å²) in [5.41, 5.74) is 0. The summed E-state index contributed by atoms with van der Waals surface area (Å²) in [5, 5.41) is 12.2. The van der Waals surface area contributed by atoms with Gasteiger partial charge < -0.3 is 24.6 Å². The molecule has 0 bridgehead atoms. The third kappa shape index (κ3) is 17.3. The van der Waals surface area contributed by atoms with Crippen LogP contribution in [0.4, 0.5) is 4.79 Å². The van der Waals surface area contributed by atoms with Gasteiger partial charge in [-0.05, 0) is 67.8 Å². The number of amides is 1. The molecular formula is C33H51NO5. The molecular weight excluding hydrogens is 490 g/mol. The lowest BCUT2D eigenvalue weighted by atomic mass is 10.1. The van der Waals surface area contributed by atoms with Gasteiger partial charge in [-0.2, -0.15) is 0 Å². The van der Waals surface area contributed by atoms with Crippen molar-refractivity contribution in [2.24, 2.45) is 0 Å². The summed E-state index contributed by atoms with van der Waals surface area (Å²) >= 11 is 0. The van der Waals surface area contributed by atoms with Crippen LogP contribution in [0.3, 0.4) is 0 Å². The van der Waals surface area contributed by atoms with Crippen LogP contribution in [0.2, 0.25) is 0 Å². The van der Waals surface area contributed by atoms with Gasteiger partial charge in [-0.25, -0.2) is 4.79 Å². The predicted molar refractivity (Wildman–Crippen MR) is 159 cm³/mol. The summed E-state index contributed by atoms with van der Waals surface area (Å²) in [4.78, 5) is 11.8. The maximum absolute atomic E-state index is 11.8. The molecule has 2 N–H and O–H groups in total. The van der Waals surface area contributed by atoms with E-state index in [2.05, 4.69) is 12.2 Å². The zero-order chi connectivity index (χ0) is 27.8. The van der Waals surface area contributed by atoms with Gasteiger partial charge in [-0.3, -0.25) is 0 Å². The van der Waals surface area contributed by atoms with Gasteiger partial charge in [0, 0.05) is 6.54 Å². The minimum atomic E-state index is -0.292. The van der Waals surface area contributed by atoms with Gasteiger partial charge in [-0.15, -0.1) is 0 Å². The maximum Gasteiger partial charge on any atom is 0.407 e. The monoisotopic (exact) mass is 541 g/mol. The van der Waals surface area contributed by atoms with Crippen LogP contribution in [0.15, 0.2) is 48.5 Å². The van der Waals surface area contributed by atoms with Crippen molar-refractivity contribution in [1.29, 1.82) is 0 Å². The van der Waals surface area contributed by atoms with Crippen LogP contribution in [-0.4, -0.2) is 31.0 Å². The van der Waals surface area contributed by atoms with Crippen molar-refractivity contribution in [3.63, 3.8) is 0 Å². The first-order chi connectivity index (χ1) is 19.2. The SMILES string of the molecule is CCCCCCCCCCCCCCOC(=O)NCCCCCCOc1ccc(Oc2ccc(O)cc2)cc1. The molecule has 0 aliphatic rings. The summed E-state index contributed by atoms with van der Waals surface area (Å²) < 4.78 is 16.8. The summed E-state index contributed by atoms with van der Waals surface area (Å²) in [5.74, 6) is 2.41. The van der Waals surface area contributed by atoms with Crippen LogP contribution in [0, 0.1) is 0 Å². The van der Waals surface area contributed by atoms with Gasteiger partial charge >= 0.3 is 6.09 Å². The third-order valence-electron chi connectivity index (χ3n) is 6.74. The number of hydrogen-bond donors (Lipinski definition) is 2. The molecule has 0 heterocycles. The smallest absolute Gasteiger partial charge is 0.407 e. The fourth-order valence-corrected chi connectivity index (χ4v) is 4.37. The van der Waals surface area contributed by atoms with E-state index in [1.807, 2.05) is 24.3 Å². The molecule has 0 aliphatic carbocycles. The molecule has 6 heteroatoms. The largest absolute Gasteiger partial charge is 0.508 e. The van der Waals surface area contributed by atoms with Crippen LogP contribution in [0.25, 0.3) is 0 Å². The van der Waals surface area contributed by atoms with Crippen LogP contribution in [0.1, 0.15) is 110 Å². The van der Waals surface area contributed by atoms with E-state index in [0.717, 1.165) is 44.3 Å². The Labute approximate surface area is 236 Å². The third-order valence-corrected chi connectivity index (χ3v) is 6.74. The van der Waals surface area contributed by atoms with E-state index in [4.69, 9.17) is 14.2 Å². The van der Waals surface area contributed by atoms with E-state index in [1.54, 1.807) is 24.3 Å². The summed E-state index contributed by atoms with van der Waals surface area (Å²) in [6, 6.07) is 14.1. The topological polar surface area (TPSA) is 77.0 Å². The second-order valence-corrected chi connectivity index (χ2v) is 10.3. The number of nitrogens with one attached hydrogen (secondary N) is 1. The van der Waals surface area contributed by atoms with E-state index in [1.165, 1.54) is 64.2 Å². The fourth-order valence-electron chi connectivity index (χ4n) is 4.37. The number of aromatic hydroxyl groups is 1. The molecule has 0 atom stereocenters. The molecule has 0 fully saturated rings. The number of hydrogen-bond acceptors (Lipinski definition) is 5. The minimum absolute atomic E-state index is 0.213. The van der Waals surface area contributed by atoms with Crippen molar-refractivity contribution in [2.75, 3.05) is 19.8 Å². The number of unbranched alkanes of at least 4 members (excludes halogenated alkanes) is 14. The van der Waals surface area contributed by atoms with Crippen molar-refractivity contribution < 1.29 is 24.1 Å². The Morgan fingerprint density at radius 2 is 1.08 bits per heavy atom.